The molecule has 0 saturated carbocycles. The molecule has 5 rings (SSSR count). The second-order valence-corrected chi connectivity index (χ2v) is 8.68. The van der Waals surface area contributed by atoms with Gasteiger partial charge in [-0.05, 0) is 28.5 Å². The van der Waals surface area contributed by atoms with Crippen molar-refractivity contribution in [2.75, 3.05) is 17.8 Å². The van der Waals surface area contributed by atoms with E-state index >= 15 is 0 Å². The van der Waals surface area contributed by atoms with Crippen molar-refractivity contribution >= 4 is 34.6 Å². The van der Waals surface area contributed by atoms with E-state index in [4.69, 9.17) is 4.74 Å². The molecule has 0 bridgehead atoms. The SMILES string of the molecule is COc1c(Cc2cccc3ccccc23)cc(=O)n2c1SC[C@@H]2N(C=O)c1ccccc1. The number of aromatic nitrogens is 1. The minimum Gasteiger partial charge on any atom is -0.494 e. The Bertz CT molecular complexity index is 1350. The highest BCUT2D eigenvalue weighted by molar-refractivity contribution is 7.99. The van der Waals surface area contributed by atoms with Crippen LogP contribution in [0.1, 0.15) is 17.3 Å². The van der Waals surface area contributed by atoms with E-state index in [2.05, 4.69) is 24.3 Å². The number of methoxy groups -OCH3 is 1. The van der Waals surface area contributed by atoms with Crippen molar-refractivity contribution in [3.05, 3.63) is 100 Å². The predicted octanol–water partition coefficient (Wildman–Crippen LogP) is 4.87. The van der Waals surface area contributed by atoms with Crippen molar-refractivity contribution in [3.63, 3.8) is 0 Å². The van der Waals surface area contributed by atoms with Crippen LogP contribution in [0.4, 0.5) is 5.69 Å². The maximum absolute atomic E-state index is 13.3. The molecular weight excluding hydrogens is 420 g/mol. The van der Waals surface area contributed by atoms with Crippen LogP contribution < -0.4 is 15.2 Å². The maximum Gasteiger partial charge on any atom is 0.253 e. The molecule has 4 aromatic rings. The van der Waals surface area contributed by atoms with Gasteiger partial charge in [0, 0.05) is 29.5 Å². The molecule has 1 atom stereocenters. The Morgan fingerprint density at radius 1 is 1.03 bits per heavy atom. The van der Waals surface area contributed by atoms with Crippen molar-refractivity contribution in [1.82, 2.24) is 4.57 Å². The molecule has 0 saturated heterocycles. The topological polar surface area (TPSA) is 51.5 Å². The number of para-hydroxylation sites is 1. The lowest BCUT2D eigenvalue weighted by atomic mass is 9.98. The zero-order chi connectivity index (χ0) is 22.1. The van der Waals surface area contributed by atoms with E-state index < -0.39 is 6.17 Å². The van der Waals surface area contributed by atoms with Gasteiger partial charge in [0.2, 0.25) is 6.41 Å². The van der Waals surface area contributed by atoms with Crippen LogP contribution in [-0.4, -0.2) is 23.8 Å². The van der Waals surface area contributed by atoms with Gasteiger partial charge in [-0.2, -0.15) is 0 Å². The Labute approximate surface area is 190 Å². The predicted molar refractivity (Wildman–Crippen MR) is 129 cm³/mol. The lowest BCUT2D eigenvalue weighted by Crippen LogP contribution is -2.36. The summed E-state index contributed by atoms with van der Waals surface area (Å²) in [6.07, 6.45) is 0.982. The van der Waals surface area contributed by atoms with Crippen LogP contribution in [-0.2, 0) is 11.2 Å². The third kappa shape index (κ3) is 3.46. The molecule has 1 aromatic heterocycles. The number of benzene rings is 3. The first-order valence-corrected chi connectivity index (χ1v) is 11.4. The number of ether oxygens (including phenoxy) is 1. The minimum atomic E-state index is -0.400. The summed E-state index contributed by atoms with van der Waals surface area (Å²) in [5.74, 6) is 1.28. The Morgan fingerprint density at radius 3 is 2.56 bits per heavy atom. The van der Waals surface area contributed by atoms with Crippen molar-refractivity contribution in [3.8, 4) is 5.75 Å². The number of fused-ring (bicyclic) bond motifs is 2. The number of pyridine rings is 1. The number of hydrogen-bond donors (Lipinski definition) is 0. The second-order valence-electron chi connectivity index (χ2n) is 7.67. The molecule has 5 nitrogen and oxygen atoms in total. The monoisotopic (exact) mass is 442 g/mol. The van der Waals surface area contributed by atoms with E-state index in [9.17, 15) is 9.59 Å². The highest BCUT2D eigenvalue weighted by Crippen LogP contribution is 2.42. The van der Waals surface area contributed by atoms with Gasteiger partial charge in [0.05, 0.1) is 7.11 Å². The number of thioether (sulfide) groups is 1. The van der Waals surface area contributed by atoms with Crippen molar-refractivity contribution < 1.29 is 9.53 Å². The summed E-state index contributed by atoms with van der Waals surface area (Å²) in [6.45, 7) is 0. The van der Waals surface area contributed by atoms with Crippen LogP contribution in [0.15, 0.2) is 88.7 Å². The fourth-order valence-electron chi connectivity index (χ4n) is 4.39. The Morgan fingerprint density at radius 2 is 1.78 bits per heavy atom. The normalized spacial score (nSPS) is 14.8. The van der Waals surface area contributed by atoms with E-state index in [1.165, 1.54) is 10.8 Å². The van der Waals surface area contributed by atoms with Gasteiger partial charge in [-0.1, -0.05) is 60.7 Å². The second kappa shape index (κ2) is 8.55. The highest BCUT2D eigenvalue weighted by Gasteiger charge is 2.33. The lowest BCUT2D eigenvalue weighted by Gasteiger charge is -2.26. The third-order valence-electron chi connectivity index (χ3n) is 5.86. The summed E-state index contributed by atoms with van der Waals surface area (Å²) in [5, 5.41) is 3.10. The number of amides is 1. The Balaban J connectivity index is 1.58. The zero-order valence-corrected chi connectivity index (χ0v) is 18.4. The van der Waals surface area contributed by atoms with E-state index in [0.29, 0.717) is 17.9 Å². The van der Waals surface area contributed by atoms with Gasteiger partial charge in [0.15, 0.2) is 5.75 Å². The summed E-state index contributed by atoms with van der Waals surface area (Å²) in [6, 6.07) is 25.5. The van der Waals surface area contributed by atoms with Gasteiger partial charge in [-0.15, -0.1) is 11.8 Å². The van der Waals surface area contributed by atoms with Crippen LogP contribution in [0.2, 0.25) is 0 Å². The van der Waals surface area contributed by atoms with Crippen LogP contribution >= 0.6 is 11.8 Å². The molecule has 32 heavy (non-hydrogen) atoms. The fraction of sp³-hybridized carbons (Fsp3) is 0.154. The van der Waals surface area contributed by atoms with Gasteiger partial charge in [0.1, 0.15) is 11.2 Å². The average Bonchev–Trinajstić information content (AvgIpc) is 3.26. The smallest absolute Gasteiger partial charge is 0.253 e. The molecule has 1 aliphatic heterocycles. The Kier molecular flexibility index (Phi) is 5.45. The Hall–Kier alpha value is -3.51. The number of carbonyl (C=O) groups excluding carboxylic acids is 1. The van der Waals surface area contributed by atoms with E-state index in [1.54, 1.807) is 34.4 Å². The first kappa shape index (κ1) is 20.4. The van der Waals surface area contributed by atoms with Crippen LogP contribution in [0.5, 0.6) is 5.75 Å². The molecule has 0 N–H and O–H groups in total. The molecule has 1 aliphatic rings. The lowest BCUT2D eigenvalue weighted by molar-refractivity contribution is -0.108. The van der Waals surface area contributed by atoms with Gasteiger partial charge in [0.25, 0.3) is 5.56 Å². The zero-order valence-electron chi connectivity index (χ0n) is 17.6. The van der Waals surface area contributed by atoms with Crippen molar-refractivity contribution in [2.24, 2.45) is 0 Å². The number of nitrogens with zero attached hydrogens (tertiary/aromatic N) is 2. The average molecular weight is 443 g/mol. The maximum atomic E-state index is 13.3. The van der Waals surface area contributed by atoms with Crippen molar-refractivity contribution in [1.29, 1.82) is 0 Å². The van der Waals surface area contributed by atoms with Gasteiger partial charge < -0.3 is 4.74 Å². The molecule has 0 unspecified atom stereocenters. The first-order valence-electron chi connectivity index (χ1n) is 10.4. The molecule has 2 heterocycles. The molecule has 0 radical (unpaired) electrons. The highest BCUT2D eigenvalue weighted by atomic mass is 32.2. The van der Waals surface area contributed by atoms with E-state index in [-0.39, 0.29) is 5.56 Å². The van der Waals surface area contributed by atoms with Gasteiger partial charge in [-0.3, -0.25) is 19.1 Å². The summed E-state index contributed by atoms with van der Waals surface area (Å²) in [7, 11) is 1.63. The molecule has 6 heteroatoms. The molecule has 0 fully saturated rings. The quantitative estimate of drug-likeness (QED) is 0.400. The number of anilines is 1. The number of carbonyl (C=O) groups is 1. The minimum absolute atomic E-state index is 0.131. The van der Waals surface area contributed by atoms with Gasteiger partial charge >= 0.3 is 0 Å². The van der Waals surface area contributed by atoms with Crippen LogP contribution in [0, 0.1) is 0 Å². The molecule has 160 valence electrons. The summed E-state index contributed by atoms with van der Waals surface area (Å²) < 4.78 is 7.49. The summed E-state index contributed by atoms with van der Waals surface area (Å²) >= 11 is 1.55. The fourth-order valence-corrected chi connectivity index (χ4v) is 5.70. The largest absolute Gasteiger partial charge is 0.494 e. The van der Waals surface area contributed by atoms with Crippen LogP contribution in [0.25, 0.3) is 10.8 Å². The van der Waals surface area contributed by atoms with Crippen LogP contribution in [0.3, 0.4) is 0 Å². The van der Waals surface area contributed by atoms with E-state index in [0.717, 1.165) is 28.3 Å². The molecule has 0 aliphatic carbocycles. The number of rotatable bonds is 6. The molecule has 1 amide bonds. The molecule has 3 aromatic carbocycles. The summed E-state index contributed by atoms with van der Waals surface area (Å²) in [4.78, 5) is 26.8. The summed E-state index contributed by atoms with van der Waals surface area (Å²) in [5.41, 5.74) is 2.62. The van der Waals surface area contributed by atoms with Gasteiger partial charge in [-0.25, -0.2) is 0 Å². The number of hydrogen-bond acceptors (Lipinski definition) is 4. The molecular formula is C26H22N2O3S. The molecule has 0 spiro atoms. The van der Waals surface area contributed by atoms with Crippen molar-refractivity contribution in [2.45, 2.75) is 17.6 Å². The standard InChI is InChI=1S/C26H22N2O3S/c1-31-25-20(14-19-10-7-9-18-8-5-6-13-22(18)19)15-24(30)28-23(16-32-26(25)28)27(17-29)21-11-3-2-4-12-21/h2-13,15,17,23H,14,16H2,1H3/t23-/m1/s1. The first-order chi connectivity index (χ1) is 15.7. The third-order valence-corrected chi connectivity index (χ3v) is 6.98. The van der Waals surface area contributed by atoms with E-state index in [1.807, 2.05) is 48.5 Å².